The minimum absolute atomic E-state index is 0.0106. The van der Waals surface area contributed by atoms with E-state index in [9.17, 15) is 4.79 Å². The van der Waals surface area contributed by atoms with Crippen LogP contribution in [0.3, 0.4) is 0 Å². The van der Waals surface area contributed by atoms with Crippen molar-refractivity contribution in [3.05, 3.63) is 60.2 Å². The number of fused-ring (bicyclic) bond motifs is 3. The largest absolute Gasteiger partial charge is 0.492 e. The zero-order valence-electron chi connectivity index (χ0n) is 17.5. The van der Waals surface area contributed by atoms with E-state index in [1.807, 2.05) is 30.3 Å². The highest BCUT2D eigenvalue weighted by Crippen LogP contribution is 2.36. The molecule has 0 radical (unpaired) electrons. The molecule has 2 aliphatic heterocycles. The number of carbonyl (C=O) groups is 1. The fraction of sp³-hybridized carbons (Fsp3) is 0.480. The van der Waals surface area contributed by atoms with Crippen molar-refractivity contribution in [1.29, 1.82) is 0 Å². The number of para-hydroxylation sites is 2. The second-order valence-electron chi connectivity index (χ2n) is 8.85. The normalized spacial score (nSPS) is 23.4. The monoisotopic (exact) mass is 405 g/mol. The Labute approximate surface area is 179 Å². The molecule has 158 valence electrons. The van der Waals surface area contributed by atoms with E-state index in [2.05, 4.69) is 39.4 Å². The Morgan fingerprint density at radius 3 is 2.67 bits per heavy atom. The Balaban J connectivity index is 1.25. The number of carbonyl (C=O) groups excluding carboxylic acids is 1. The molecule has 2 aromatic rings. The molecule has 2 heterocycles. The van der Waals surface area contributed by atoms with Gasteiger partial charge in [0.15, 0.2) is 0 Å². The van der Waals surface area contributed by atoms with Crippen LogP contribution in [0.1, 0.15) is 18.4 Å². The lowest BCUT2D eigenvalue weighted by molar-refractivity contribution is -0.126. The van der Waals surface area contributed by atoms with E-state index in [0.29, 0.717) is 12.5 Å². The van der Waals surface area contributed by atoms with Gasteiger partial charge in [0.2, 0.25) is 5.91 Å². The molecule has 2 atom stereocenters. The fourth-order valence-electron chi connectivity index (χ4n) is 4.83. The third kappa shape index (κ3) is 4.31. The molecule has 2 aromatic carbocycles. The number of ether oxygens (including phenoxy) is 1. The van der Waals surface area contributed by atoms with Crippen LogP contribution in [0.2, 0.25) is 0 Å². The summed E-state index contributed by atoms with van der Waals surface area (Å²) in [5.74, 6) is 1.87. The average Bonchev–Trinajstić information content (AvgIpc) is 3.62. The van der Waals surface area contributed by atoms with Gasteiger partial charge in [-0.3, -0.25) is 9.69 Å². The molecule has 5 rings (SSSR count). The number of rotatable bonds is 7. The Morgan fingerprint density at radius 1 is 1.03 bits per heavy atom. The van der Waals surface area contributed by atoms with Crippen LogP contribution < -0.4 is 15.0 Å². The third-order valence-corrected chi connectivity index (χ3v) is 6.73. The van der Waals surface area contributed by atoms with E-state index in [1.54, 1.807) is 0 Å². The minimum atomic E-state index is 0.0106. The van der Waals surface area contributed by atoms with Crippen LogP contribution in [-0.4, -0.2) is 56.2 Å². The smallest absolute Gasteiger partial charge is 0.225 e. The lowest BCUT2D eigenvalue weighted by atomic mass is 9.83. The molecule has 1 saturated heterocycles. The summed E-state index contributed by atoms with van der Waals surface area (Å²) in [7, 11) is 0. The van der Waals surface area contributed by atoms with Gasteiger partial charge in [-0.15, -0.1) is 0 Å². The van der Waals surface area contributed by atoms with Gasteiger partial charge in [-0.25, -0.2) is 0 Å². The number of piperazine rings is 1. The summed E-state index contributed by atoms with van der Waals surface area (Å²) in [6.45, 7) is 5.27. The van der Waals surface area contributed by atoms with Crippen molar-refractivity contribution in [2.75, 3.05) is 44.2 Å². The maximum absolute atomic E-state index is 13.1. The Morgan fingerprint density at radius 2 is 1.83 bits per heavy atom. The molecule has 0 bridgehead atoms. The molecule has 1 amide bonds. The van der Waals surface area contributed by atoms with Gasteiger partial charge in [0, 0.05) is 38.4 Å². The first-order valence-corrected chi connectivity index (χ1v) is 11.3. The van der Waals surface area contributed by atoms with Crippen molar-refractivity contribution in [2.24, 2.45) is 11.8 Å². The summed E-state index contributed by atoms with van der Waals surface area (Å²) in [6, 6.07) is 18.8. The molecule has 1 aliphatic carbocycles. The van der Waals surface area contributed by atoms with Gasteiger partial charge < -0.3 is 15.0 Å². The number of hydrogen-bond acceptors (Lipinski definition) is 4. The Kier molecular flexibility index (Phi) is 5.63. The average molecular weight is 406 g/mol. The molecule has 2 unspecified atom stereocenters. The van der Waals surface area contributed by atoms with Crippen molar-refractivity contribution in [3.8, 4) is 5.75 Å². The lowest BCUT2D eigenvalue weighted by Gasteiger charge is -2.49. The molecule has 0 spiro atoms. The number of amides is 1. The minimum Gasteiger partial charge on any atom is -0.492 e. The summed E-state index contributed by atoms with van der Waals surface area (Å²) >= 11 is 0. The quantitative estimate of drug-likeness (QED) is 0.769. The van der Waals surface area contributed by atoms with Crippen LogP contribution in [-0.2, 0) is 11.2 Å². The summed E-state index contributed by atoms with van der Waals surface area (Å²) in [5, 5.41) is 3.25. The van der Waals surface area contributed by atoms with Crippen LogP contribution in [0.15, 0.2) is 54.6 Å². The molecule has 1 saturated carbocycles. The number of hydrogen-bond donors (Lipinski definition) is 1. The Bertz CT molecular complexity index is 868. The number of anilines is 1. The van der Waals surface area contributed by atoms with Gasteiger partial charge in [-0.05, 0) is 48.9 Å². The maximum Gasteiger partial charge on any atom is 0.225 e. The summed E-state index contributed by atoms with van der Waals surface area (Å²) in [5.41, 5.74) is 2.62. The second-order valence-corrected chi connectivity index (χ2v) is 8.85. The first-order valence-electron chi connectivity index (χ1n) is 11.3. The van der Waals surface area contributed by atoms with Gasteiger partial charge in [0.05, 0.1) is 12.0 Å². The highest BCUT2D eigenvalue weighted by atomic mass is 16.5. The molecule has 2 fully saturated rings. The van der Waals surface area contributed by atoms with Gasteiger partial charge in [-0.2, -0.15) is 0 Å². The molecule has 5 heteroatoms. The standard InChI is InChI=1S/C25H31N3O2/c29-25(26-17-19-10-11-19)22-16-20-6-4-5-9-23(20)28-13-12-27(18-24(22)28)14-15-30-21-7-2-1-3-8-21/h1-9,19,22,24H,10-18H2,(H,26,29). The predicted molar refractivity (Wildman–Crippen MR) is 119 cm³/mol. The molecule has 3 aliphatic rings. The van der Waals surface area contributed by atoms with Crippen molar-refractivity contribution in [3.63, 3.8) is 0 Å². The van der Waals surface area contributed by atoms with Crippen molar-refractivity contribution in [1.82, 2.24) is 10.2 Å². The second kappa shape index (κ2) is 8.68. The van der Waals surface area contributed by atoms with E-state index in [4.69, 9.17) is 4.74 Å². The van der Waals surface area contributed by atoms with E-state index in [1.165, 1.54) is 24.1 Å². The van der Waals surface area contributed by atoms with E-state index < -0.39 is 0 Å². The predicted octanol–water partition coefficient (Wildman–Crippen LogP) is 2.95. The van der Waals surface area contributed by atoms with Gasteiger partial charge in [-0.1, -0.05) is 36.4 Å². The van der Waals surface area contributed by atoms with Crippen LogP contribution in [0.25, 0.3) is 0 Å². The molecule has 5 nitrogen and oxygen atoms in total. The van der Waals surface area contributed by atoms with Crippen molar-refractivity contribution in [2.45, 2.75) is 25.3 Å². The molecular formula is C25H31N3O2. The number of benzene rings is 2. The van der Waals surface area contributed by atoms with Gasteiger partial charge in [0.1, 0.15) is 12.4 Å². The summed E-state index contributed by atoms with van der Waals surface area (Å²) in [6.07, 6.45) is 3.36. The molecular weight excluding hydrogens is 374 g/mol. The SMILES string of the molecule is O=C(NCC1CC1)C1Cc2ccccc2N2CCN(CCOc3ccccc3)CC12. The van der Waals surface area contributed by atoms with E-state index >= 15 is 0 Å². The van der Waals surface area contributed by atoms with E-state index in [0.717, 1.165) is 44.9 Å². The first-order chi connectivity index (χ1) is 14.8. The van der Waals surface area contributed by atoms with Crippen molar-refractivity contribution >= 4 is 11.6 Å². The van der Waals surface area contributed by atoms with Gasteiger partial charge in [0.25, 0.3) is 0 Å². The van der Waals surface area contributed by atoms with Gasteiger partial charge >= 0.3 is 0 Å². The number of nitrogens with one attached hydrogen (secondary N) is 1. The zero-order valence-corrected chi connectivity index (χ0v) is 17.5. The molecule has 1 N–H and O–H groups in total. The topological polar surface area (TPSA) is 44.8 Å². The van der Waals surface area contributed by atoms with Crippen LogP contribution in [0, 0.1) is 11.8 Å². The highest BCUT2D eigenvalue weighted by molar-refractivity contribution is 5.82. The summed E-state index contributed by atoms with van der Waals surface area (Å²) < 4.78 is 5.91. The van der Waals surface area contributed by atoms with E-state index in [-0.39, 0.29) is 17.9 Å². The third-order valence-electron chi connectivity index (χ3n) is 6.73. The van der Waals surface area contributed by atoms with Crippen LogP contribution in [0.4, 0.5) is 5.69 Å². The molecule has 30 heavy (non-hydrogen) atoms. The maximum atomic E-state index is 13.1. The fourth-order valence-corrected chi connectivity index (χ4v) is 4.83. The summed E-state index contributed by atoms with van der Waals surface area (Å²) in [4.78, 5) is 18.1. The lowest BCUT2D eigenvalue weighted by Crippen LogP contribution is -2.61. The van der Waals surface area contributed by atoms with Crippen LogP contribution >= 0.6 is 0 Å². The highest BCUT2D eigenvalue weighted by Gasteiger charge is 2.41. The first kappa shape index (κ1) is 19.4. The molecule has 0 aromatic heterocycles. The zero-order chi connectivity index (χ0) is 20.3. The number of nitrogens with zero attached hydrogens (tertiary/aromatic N) is 2. The Hall–Kier alpha value is -2.53. The van der Waals surface area contributed by atoms with Crippen LogP contribution in [0.5, 0.6) is 5.75 Å². The van der Waals surface area contributed by atoms with Crippen molar-refractivity contribution < 1.29 is 9.53 Å².